The van der Waals surface area contributed by atoms with Gasteiger partial charge in [0.25, 0.3) is 0 Å². The average Bonchev–Trinajstić information content (AvgIpc) is 3.04. The second-order valence-corrected chi connectivity index (χ2v) is 11.3. The first-order valence-electron chi connectivity index (χ1n) is 12.5. The monoisotopic (exact) mass is 394 g/mol. The van der Waals surface area contributed by atoms with Gasteiger partial charge in [0.05, 0.1) is 0 Å². The van der Waals surface area contributed by atoms with Crippen LogP contribution in [-0.4, -0.2) is 0 Å². The van der Waals surface area contributed by atoms with Gasteiger partial charge in [-0.3, -0.25) is 0 Å². The van der Waals surface area contributed by atoms with Gasteiger partial charge in [0, 0.05) is 0 Å². The Labute approximate surface area is 181 Å². The van der Waals surface area contributed by atoms with Crippen LogP contribution in [0.2, 0.25) is 0 Å². The molecule has 0 amide bonds. The molecule has 29 heavy (non-hydrogen) atoms. The van der Waals surface area contributed by atoms with Crippen molar-refractivity contribution >= 4 is 0 Å². The molecule has 0 spiro atoms. The summed E-state index contributed by atoms with van der Waals surface area (Å²) >= 11 is 0. The molecule has 0 aromatic heterocycles. The van der Waals surface area contributed by atoms with Gasteiger partial charge >= 0.3 is 0 Å². The van der Waals surface area contributed by atoms with Crippen LogP contribution in [0.5, 0.6) is 0 Å². The standard InChI is InChI=1S/C29H46/c1-20(2)22(4)12-13-24(6)27-16-17-28-25(9-8-18-29(27,28)7)14-15-26-19-21(3)10-11-23(26)5/h12-15,20-22,24,27-28H,5,8-11,16-19H2,1-4,6-7H3. The molecule has 0 aliphatic heterocycles. The fourth-order valence-corrected chi connectivity index (χ4v) is 6.45. The molecule has 3 fully saturated rings. The molecule has 3 aliphatic carbocycles. The van der Waals surface area contributed by atoms with E-state index >= 15 is 0 Å². The van der Waals surface area contributed by atoms with Crippen LogP contribution in [0.3, 0.4) is 0 Å². The van der Waals surface area contributed by atoms with Gasteiger partial charge in [-0.2, -0.15) is 0 Å². The highest BCUT2D eigenvalue weighted by Crippen LogP contribution is 2.59. The van der Waals surface area contributed by atoms with Crippen LogP contribution in [0, 0.1) is 40.9 Å². The third-order valence-electron chi connectivity index (χ3n) is 8.90. The van der Waals surface area contributed by atoms with E-state index in [2.05, 4.69) is 72.4 Å². The van der Waals surface area contributed by atoms with E-state index in [1.807, 2.05) is 0 Å². The van der Waals surface area contributed by atoms with Crippen LogP contribution in [0.1, 0.15) is 92.9 Å². The van der Waals surface area contributed by atoms with E-state index in [-0.39, 0.29) is 0 Å². The number of fused-ring (bicyclic) bond motifs is 1. The summed E-state index contributed by atoms with van der Waals surface area (Å²) in [5.41, 5.74) is 5.15. The Morgan fingerprint density at radius 1 is 1.00 bits per heavy atom. The van der Waals surface area contributed by atoms with Gasteiger partial charge in [-0.15, -0.1) is 0 Å². The molecule has 0 radical (unpaired) electrons. The second-order valence-electron chi connectivity index (χ2n) is 11.3. The number of hydrogen-bond donors (Lipinski definition) is 0. The summed E-state index contributed by atoms with van der Waals surface area (Å²) in [5.74, 6) is 4.57. The summed E-state index contributed by atoms with van der Waals surface area (Å²) in [6.45, 7) is 18.9. The van der Waals surface area contributed by atoms with Crippen LogP contribution in [0.15, 0.2) is 47.6 Å². The van der Waals surface area contributed by atoms with E-state index in [9.17, 15) is 0 Å². The zero-order chi connectivity index (χ0) is 21.2. The lowest BCUT2D eigenvalue weighted by molar-refractivity contribution is 0.112. The van der Waals surface area contributed by atoms with Crippen molar-refractivity contribution in [2.45, 2.75) is 92.9 Å². The molecule has 6 unspecified atom stereocenters. The highest BCUT2D eigenvalue weighted by Gasteiger charge is 2.50. The molecule has 0 nitrogen and oxygen atoms in total. The first kappa shape index (κ1) is 22.6. The summed E-state index contributed by atoms with van der Waals surface area (Å²) in [6.07, 6.45) is 20.7. The number of hydrogen-bond acceptors (Lipinski definition) is 0. The van der Waals surface area contributed by atoms with E-state index in [0.717, 1.165) is 23.7 Å². The van der Waals surface area contributed by atoms with E-state index in [0.29, 0.717) is 17.3 Å². The van der Waals surface area contributed by atoms with Crippen molar-refractivity contribution in [3.63, 3.8) is 0 Å². The first-order chi connectivity index (χ1) is 13.7. The van der Waals surface area contributed by atoms with Gasteiger partial charge in [0.15, 0.2) is 0 Å². The molecule has 162 valence electrons. The molecule has 0 N–H and O–H groups in total. The lowest BCUT2D eigenvalue weighted by Gasteiger charge is -2.44. The Kier molecular flexibility index (Phi) is 7.34. The molecular weight excluding hydrogens is 348 g/mol. The van der Waals surface area contributed by atoms with E-state index < -0.39 is 0 Å². The maximum Gasteiger partial charge on any atom is -0.0143 e. The Morgan fingerprint density at radius 2 is 1.76 bits per heavy atom. The predicted octanol–water partition coefficient (Wildman–Crippen LogP) is 8.92. The maximum absolute atomic E-state index is 4.35. The zero-order valence-corrected chi connectivity index (χ0v) is 20.1. The highest BCUT2D eigenvalue weighted by atomic mass is 14.5. The van der Waals surface area contributed by atoms with E-state index in [4.69, 9.17) is 0 Å². The minimum atomic E-state index is 0.490. The second kappa shape index (κ2) is 9.40. The summed E-state index contributed by atoms with van der Waals surface area (Å²) < 4.78 is 0. The lowest BCUT2D eigenvalue weighted by Crippen LogP contribution is -2.35. The quantitative estimate of drug-likeness (QED) is 0.408. The van der Waals surface area contributed by atoms with Crippen molar-refractivity contribution in [2.75, 3.05) is 0 Å². The van der Waals surface area contributed by atoms with Crippen LogP contribution in [0.25, 0.3) is 0 Å². The third kappa shape index (κ3) is 5.00. The first-order valence-corrected chi connectivity index (χ1v) is 12.5. The van der Waals surface area contributed by atoms with Crippen molar-refractivity contribution in [3.8, 4) is 0 Å². The Morgan fingerprint density at radius 3 is 2.48 bits per heavy atom. The highest BCUT2D eigenvalue weighted by molar-refractivity contribution is 5.36. The number of allylic oxidation sites excluding steroid dienone is 7. The topological polar surface area (TPSA) is 0 Å². The predicted molar refractivity (Wildman–Crippen MR) is 129 cm³/mol. The SMILES string of the molecule is C=C1CCC(C)CC1=CC=C1CCCC2(C)C1CCC2C(C)C=CC(C)C(C)C. The molecule has 0 aromatic carbocycles. The Bertz CT molecular complexity index is 672. The molecule has 3 saturated carbocycles. The Balaban J connectivity index is 1.75. The normalized spacial score (nSPS) is 38.2. The van der Waals surface area contributed by atoms with Crippen molar-refractivity contribution in [2.24, 2.45) is 40.9 Å². The van der Waals surface area contributed by atoms with Gasteiger partial charge in [0.2, 0.25) is 0 Å². The van der Waals surface area contributed by atoms with Crippen molar-refractivity contribution in [1.82, 2.24) is 0 Å². The van der Waals surface area contributed by atoms with Gasteiger partial charge in [-0.1, -0.05) is 83.6 Å². The fraction of sp³-hybridized carbons (Fsp3) is 0.724. The molecule has 3 rings (SSSR count). The Hall–Kier alpha value is -1.04. The number of rotatable bonds is 5. The van der Waals surface area contributed by atoms with Crippen molar-refractivity contribution in [1.29, 1.82) is 0 Å². The molecule has 3 aliphatic rings. The van der Waals surface area contributed by atoms with Crippen LogP contribution >= 0.6 is 0 Å². The molecule has 0 heteroatoms. The third-order valence-corrected chi connectivity index (χ3v) is 8.90. The summed E-state index contributed by atoms with van der Waals surface area (Å²) in [5, 5.41) is 0. The van der Waals surface area contributed by atoms with Crippen LogP contribution < -0.4 is 0 Å². The van der Waals surface area contributed by atoms with Crippen LogP contribution in [0.4, 0.5) is 0 Å². The summed E-state index contributed by atoms with van der Waals surface area (Å²) in [4.78, 5) is 0. The molecular formula is C29H46. The van der Waals surface area contributed by atoms with Gasteiger partial charge in [-0.05, 0) is 97.9 Å². The lowest BCUT2D eigenvalue weighted by atomic mass is 9.61. The zero-order valence-electron chi connectivity index (χ0n) is 20.1. The van der Waals surface area contributed by atoms with Gasteiger partial charge in [0.1, 0.15) is 0 Å². The molecule has 0 bridgehead atoms. The van der Waals surface area contributed by atoms with E-state index in [1.54, 1.807) is 5.57 Å². The molecule has 0 saturated heterocycles. The summed E-state index contributed by atoms with van der Waals surface area (Å²) in [6, 6.07) is 0. The smallest absolute Gasteiger partial charge is 0.0143 e. The van der Waals surface area contributed by atoms with Gasteiger partial charge < -0.3 is 0 Å². The molecule has 6 atom stereocenters. The van der Waals surface area contributed by atoms with Crippen LogP contribution in [-0.2, 0) is 0 Å². The van der Waals surface area contributed by atoms with Crippen molar-refractivity contribution < 1.29 is 0 Å². The molecule has 0 heterocycles. The summed E-state index contributed by atoms with van der Waals surface area (Å²) in [7, 11) is 0. The minimum Gasteiger partial charge on any atom is -0.0956 e. The average molecular weight is 395 g/mol. The fourth-order valence-electron chi connectivity index (χ4n) is 6.45. The minimum absolute atomic E-state index is 0.490. The van der Waals surface area contributed by atoms with E-state index in [1.165, 1.54) is 62.5 Å². The largest absolute Gasteiger partial charge is 0.0956 e. The van der Waals surface area contributed by atoms with Gasteiger partial charge in [-0.25, -0.2) is 0 Å². The molecule has 0 aromatic rings. The maximum atomic E-state index is 4.35. The van der Waals surface area contributed by atoms with Crippen molar-refractivity contribution in [3.05, 3.63) is 47.6 Å².